The number of para-hydroxylation sites is 1. The van der Waals surface area contributed by atoms with Gasteiger partial charge >= 0.3 is 0 Å². The van der Waals surface area contributed by atoms with E-state index in [1.807, 2.05) is 13.0 Å². The fourth-order valence-corrected chi connectivity index (χ4v) is 2.00. The third-order valence-electron chi connectivity index (χ3n) is 2.67. The van der Waals surface area contributed by atoms with Crippen LogP contribution in [0.2, 0.25) is 5.02 Å². The van der Waals surface area contributed by atoms with Gasteiger partial charge in [-0.05, 0) is 12.6 Å². The van der Waals surface area contributed by atoms with Crippen LogP contribution < -0.4 is 10.1 Å². The van der Waals surface area contributed by atoms with E-state index >= 15 is 0 Å². The summed E-state index contributed by atoms with van der Waals surface area (Å²) in [6.07, 6.45) is 0. The van der Waals surface area contributed by atoms with Gasteiger partial charge in [0.2, 0.25) is 0 Å². The Hall–Kier alpha value is -1.65. The van der Waals surface area contributed by atoms with Gasteiger partial charge in [-0.15, -0.1) is 0 Å². The average molecular weight is 298 g/mol. The van der Waals surface area contributed by atoms with Crippen molar-refractivity contribution in [1.29, 1.82) is 0 Å². The first-order chi connectivity index (χ1) is 9.60. The molecule has 0 aliphatic rings. The minimum absolute atomic E-state index is 0.0772. The van der Waals surface area contributed by atoms with Crippen molar-refractivity contribution in [3.05, 3.63) is 58.6 Å². The Morgan fingerprint density at radius 3 is 2.50 bits per heavy atom. The molecule has 106 valence electrons. The first-order valence-corrected chi connectivity index (χ1v) is 6.60. The van der Waals surface area contributed by atoms with Gasteiger partial charge in [-0.1, -0.05) is 30.7 Å². The summed E-state index contributed by atoms with van der Waals surface area (Å²) < 4.78 is 31.9. The highest BCUT2D eigenvalue weighted by Crippen LogP contribution is 2.33. The van der Waals surface area contributed by atoms with Gasteiger partial charge in [0, 0.05) is 30.3 Å². The Morgan fingerprint density at radius 2 is 1.85 bits per heavy atom. The van der Waals surface area contributed by atoms with E-state index in [2.05, 4.69) is 5.32 Å². The van der Waals surface area contributed by atoms with Crippen LogP contribution in [0.3, 0.4) is 0 Å². The molecule has 2 rings (SSSR count). The van der Waals surface area contributed by atoms with Gasteiger partial charge in [0.15, 0.2) is 0 Å². The molecule has 0 aliphatic heterocycles. The third kappa shape index (κ3) is 3.68. The molecular formula is C15H14ClF2NO. The molecule has 20 heavy (non-hydrogen) atoms. The van der Waals surface area contributed by atoms with Gasteiger partial charge in [0.05, 0.1) is 5.02 Å². The summed E-state index contributed by atoms with van der Waals surface area (Å²) in [6, 6.07) is 8.33. The van der Waals surface area contributed by atoms with E-state index in [1.165, 1.54) is 0 Å². The lowest BCUT2D eigenvalue weighted by Crippen LogP contribution is -2.12. The number of ether oxygens (including phenoxy) is 1. The van der Waals surface area contributed by atoms with Crippen molar-refractivity contribution in [3.63, 3.8) is 0 Å². The summed E-state index contributed by atoms with van der Waals surface area (Å²) in [4.78, 5) is 0. The summed E-state index contributed by atoms with van der Waals surface area (Å²) in [5, 5.41) is 3.55. The molecule has 0 amide bonds. The highest BCUT2D eigenvalue weighted by molar-refractivity contribution is 6.32. The van der Waals surface area contributed by atoms with Gasteiger partial charge in [-0.25, -0.2) is 8.78 Å². The lowest BCUT2D eigenvalue weighted by molar-refractivity contribution is 0.461. The SMILES string of the molecule is CCNCc1cccc(Cl)c1Oc1cc(F)cc(F)c1. The lowest BCUT2D eigenvalue weighted by atomic mass is 10.2. The van der Waals surface area contributed by atoms with E-state index in [0.717, 1.165) is 30.3 Å². The second-order valence-corrected chi connectivity index (χ2v) is 4.62. The third-order valence-corrected chi connectivity index (χ3v) is 2.97. The summed E-state index contributed by atoms with van der Waals surface area (Å²) in [5.41, 5.74) is 0.823. The first kappa shape index (κ1) is 14.8. The molecule has 0 spiro atoms. The summed E-state index contributed by atoms with van der Waals surface area (Å²) in [6.45, 7) is 3.33. The maximum atomic E-state index is 13.2. The fourth-order valence-electron chi connectivity index (χ4n) is 1.77. The zero-order valence-corrected chi connectivity index (χ0v) is 11.7. The first-order valence-electron chi connectivity index (χ1n) is 6.22. The van der Waals surface area contributed by atoms with E-state index < -0.39 is 11.6 Å². The van der Waals surface area contributed by atoms with Gasteiger partial charge in [0.25, 0.3) is 0 Å². The fraction of sp³-hybridized carbons (Fsp3) is 0.200. The Balaban J connectivity index is 2.31. The zero-order valence-electron chi connectivity index (χ0n) is 10.9. The quantitative estimate of drug-likeness (QED) is 0.876. The smallest absolute Gasteiger partial charge is 0.150 e. The van der Waals surface area contributed by atoms with Crippen LogP contribution in [0.25, 0.3) is 0 Å². The van der Waals surface area contributed by atoms with Crippen molar-refractivity contribution in [2.24, 2.45) is 0 Å². The zero-order chi connectivity index (χ0) is 14.5. The minimum Gasteiger partial charge on any atom is -0.455 e. The highest BCUT2D eigenvalue weighted by Gasteiger charge is 2.11. The Kier molecular flexibility index (Phi) is 4.93. The van der Waals surface area contributed by atoms with Gasteiger partial charge < -0.3 is 10.1 Å². The van der Waals surface area contributed by atoms with Crippen LogP contribution in [0.4, 0.5) is 8.78 Å². The molecule has 0 aromatic heterocycles. The second-order valence-electron chi connectivity index (χ2n) is 4.22. The van der Waals surface area contributed by atoms with Gasteiger partial charge in [0.1, 0.15) is 23.1 Å². The van der Waals surface area contributed by atoms with Crippen molar-refractivity contribution < 1.29 is 13.5 Å². The van der Waals surface area contributed by atoms with Crippen molar-refractivity contribution in [2.75, 3.05) is 6.54 Å². The maximum Gasteiger partial charge on any atom is 0.150 e. The van der Waals surface area contributed by atoms with Crippen molar-refractivity contribution in [2.45, 2.75) is 13.5 Å². The van der Waals surface area contributed by atoms with Crippen LogP contribution in [0.5, 0.6) is 11.5 Å². The van der Waals surface area contributed by atoms with Crippen molar-refractivity contribution in [3.8, 4) is 11.5 Å². The van der Waals surface area contributed by atoms with E-state index in [0.29, 0.717) is 17.3 Å². The van der Waals surface area contributed by atoms with Crippen LogP contribution in [-0.2, 0) is 6.54 Å². The van der Waals surface area contributed by atoms with Crippen LogP contribution in [0, 0.1) is 11.6 Å². The summed E-state index contributed by atoms with van der Waals surface area (Å²) in [5.74, 6) is -0.908. The van der Waals surface area contributed by atoms with Crippen LogP contribution in [-0.4, -0.2) is 6.54 Å². The summed E-state index contributed by atoms with van der Waals surface area (Å²) in [7, 11) is 0. The number of nitrogens with one attached hydrogen (secondary N) is 1. The monoisotopic (exact) mass is 297 g/mol. The number of benzene rings is 2. The minimum atomic E-state index is -0.694. The molecule has 1 N–H and O–H groups in total. The molecule has 2 nitrogen and oxygen atoms in total. The normalized spacial score (nSPS) is 10.6. The topological polar surface area (TPSA) is 21.3 Å². The van der Waals surface area contributed by atoms with E-state index in [-0.39, 0.29) is 5.75 Å². The molecule has 2 aromatic rings. The van der Waals surface area contributed by atoms with Crippen molar-refractivity contribution in [1.82, 2.24) is 5.32 Å². The number of rotatable bonds is 5. The lowest BCUT2D eigenvalue weighted by Gasteiger charge is -2.13. The molecule has 0 unspecified atom stereocenters. The standard InChI is InChI=1S/C15H14ClF2NO/c1-2-19-9-10-4-3-5-14(16)15(10)20-13-7-11(17)6-12(18)8-13/h3-8,19H,2,9H2,1H3. The van der Waals surface area contributed by atoms with Gasteiger partial charge in [-0.2, -0.15) is 0 Å². The molecule has 0 heterocycles. The van der Waals surface area contributed by atoms with Gasteiger partial charge in [-0.3, -0.25) is 0 Å². The van der Waals surface area contributed by atoms with E-state index in [9.17, 15) is 8.78 Å². The average Bonchev–Trinajstić information content (AvgIpc) is 2.38. The Labute approximate surface area is 121 Å². The Morgan fingerprint density at radius 1 is 1.15 bits per heavy atom. The predicted octanol–water partition coefficient (Wildman–Crippen LogP) is 4.52. The van der Waals surface area contributed by atoms with Crippen LogP contribution >= 0.6 is 11.6 Å². The van der Waals surface area contributed by atoms with Crippen LogP contribution in [0.15, 0.2) is 36.4 Å². The maximum absolute atomic E-state index is 13.2. The van der Waals surface area contributed by atoms with Crippen LogP contribution in [0.1, 0.15) is 12.5 Å². The molecule has 0 atom stereocenters. The molecule has 0 fully saturated rings. The molecule has 2 aromatic carbocycles. The van der Waals surface area contributed by atoms with E-state index in [4.69, 9.17) is 16.3 Å². The summed E-state index contributed by atoms with van der Waals surface area (Å²) >= 11 is 6.10. The number of hydrogen-bond donors (Lipinski definition) is 1. The predicted molar refractivity (Wildman–Crippen MR) is 75.3 cm³/mol. The van der Waals surface area contributed by atoms with E-state index in [1.54, 1.807) is 12.1 Å². The van der Waals surface area contributed by atoms with Crippen molar-refractivity contribution >= 4 is 11.6 Å². The molecule has 0 radical (unpaired) electrons. The molecule has 0 aliphatic carbocycles. The molecule has 5 heteroatoms. The molecular weight excluding hydrogens is 284 g/mol. The molecule has 0 saturated carbocycles. The number of hydrogen-bond acceptors (Lipinski definition) is 2. The largest absolute Gasteiger partial charge is 0.455 e. The molecule has 0 saturated heterocycles. The molecule has 0 bridgehead atoms. The Bertz CT molecular complexity index is 584. The number of halogens is 3. The highest BCUT2D eigenvalue weighted by atomic mass is 35.5. The second kappa shape index (κ2) is 6.68.